The molecule has 2 unspecified atom stereocenters. The van der Waals surface area contributed by atoms with E-state index in [2.05, 4.69) is 0 Å². The molecule has 2 aliphatic heterocycles. The van der Waals surface area contributed by atoms with Gasteiger partial charge in [0.05, 0.1) is 5.60 Å². The van der Waals surface area contributed by atoms with Crippen LogP contribution in [0.15, 0.2) is 0 Å². The van der Waals surface area contributed by atoms with Gasteiger partial charge in [-0.1, -0.05) is 0 Å². The molecule has 0 aromatic rings. The van der Waals surface area contributed by atoms with Crippen LogP contribution in [-0.4, -0.2) is 47.2 Å². The first-order chi connectivity index (χ1) is 8.26. The molecule has 2 N–H and O–H groups in total. The Kier molecular flexibility index (Phi) is 4.97. The summed E-state index contributed by atoms with van der Waals surface area (Å²) in [4.78, 5) is 0. The maximum absolute atomic E-state index is 12.2. The van der Waals surface area contributed by atoms with Crippen LogP contribution in [0.25, 0.3) is 0 Å². The van der Waals surface area contributed by atoms with Gasteiger partial charge in [0.1, 0.15) is 0 Å². The fourth-order valence-electron chi connectivity index (χ4n) is 2.69. The SMILES string of the molecule is NCCCS(=O)C1CCOC2(CCOCC2)C1. The summed E-state index contributed by atoms with van der Waals surface area (Å²) in [5.41, 5.74) is 5.42. The molecule has 17 heavy (non-hydrogen) atoms. The minimum absolute atomic E-state index is 0.0421. The first-order valence-electron chi connectivity index (χ1n) is 6.55. The summed E-state index contributed by atoms with van der Waals surface area (Å²) in [7, 11) is -0.735. The van der Waals surface area contributed by atoms with E-state index in [1.807, 2.05) is 0 Å². The molecule has 2 aliphatic rings. The van der Waals surface area contributed by atoms with Gasteiger partial charge in [-0.15, -0.1) is 0 Å². The molecule has 5 heteroatoms. The highest BCUT2D eigenvalue weighted by Gasteiger charge is 2.40. The first-order valence-corrected chi connectivity index (χ1v) is 7.93. The van der Waals surface area contributed by atoms with Gasteiger partial charge in [-0.3, -0.25) is 4.21 Å². The Morgan fingerprint density at radius 2 is 2.06 bits per heavy atom. The zero-order valence-corrected chi connectivity index (χ0v) is 11.2. The molecule has 0 bridgehead atoms. The lowest BCUT2D eigenvalue weighted by molar-refractivity contribution is -0.131. The van der Waals surface area contributed by atoms with Crippen molar-refractivity contribution in [1.29, 1.82) is 0 Å². The number of hydrogen-bond donors (Lipinski definition) is 1. The van der Waals surface area contributed by atoms with Crippen LogP contribution in [-0.2, 0) is 20.3 Å². The van der Waals surface area contributed by atoms with Crippen molar-refractivity contribution in [2.45, 2.75) is 43.0 Å². The topological polar surface area (TPSA) is 61.6 Å². The van der Waals surface area contributed by atoms with Crippen LogP contribution in [0.5, 0.6) is 0 Å². The largest absolute Gasteiger partial charge is 0.381 e. The van der Waals surface area contributed by atoms with E-state index in [9.17, 15) is 4.21 Å². The molecule has 4 nitrogen and oxygen atoms in total. The monoisotopic (exact) mass is 261 g/mol. The van der Waals surface area contributed by atoms with Gasteiger partial charge in [0.2, 0.25) is 0 Å². The van der Waals surface area contributed by atoms with Crippen molar-refractivity contribution in [3.63, 3.8) is 0 Å². The van der Waals surface area contributed by atoms with E-state index in [0.29, 0.717) is 11.8 Å². The number of ether oxygens (including phenoxy) is 2. The lowest BCUT2D eigenvalue weighted by Crippen LogP contribution is -2.47. The van der Waals surface area contributed by atoms with E-state index in [-0.39, 0.29) is 5.60 Å². The Morgan fingerprint density at radius 3 is 2.76 bits per heavy atom. The van der Waals surface area contributed by atoms with Crippen LogP contribution in [0.1, 0.15) is 32.1 Å². The molecule has 0 amide bonds. The quantitative estimate of drug-likeness (QED) is 0.813. The Hall–Kier alpha value is 0.0300. The fraction of sp³-hybridized carbons (Fsp3) is 1.00. The Labute approximate surface area is 106 Å². The van der Waals surface area contributed by atoms with Crippen molar-refractivity contribution in [3.05, 3.63) is 0 Å². The molecule has 100 valence electrons. The predicted octanol–water partition coefficient (Wildman–Crippen LogP) is 0.812. The Bertz CT molecular complexity index is 261. The molecule has 2 heterocycles. The number of nitrogens with two attached hydrogens (primary N) is 1. The molecular weight excluding hydrogens is 238 g/mol. The third-order valence-corrected chi connectivity index (χ3v) is 5.61. The average molecular weight is 261 g/mol. The average Bonchev–Trinajstić information content (AvgIpc) is 2.37. The van der Waals surface area contributed by atoms with Crippen LogP contribution in [0.2, 0.25) is 0 Å². The second-order valence-corrected chi connectivity index (χ2v) is 6.82. The van der Waals surface area contributed by atoms with Crippen LogP contribution in [0.3, 0.4) is 0 Å². The van der Waals surface area contributed by atoms with Gasteiger partial charge >= 0.3 is 0 Å². The summed E-state index contributed by atoms with van der Waals surface area (Å²) in [6.45, 7) is 2.94. The highest BCUT2D eigenvalue weighted by molar-refractivity contribution is 7.85. The molecule has 2 rings (SSSR count). The van der Waals surface area contributed by atoms with Crippen molar-refractivity contribution < 1.29 is 13.7 Å². The third-order valence-electron chi connectivity index (χ3n) is 3.77. The van der Waals surface area contributed by atoms with Gasteiger partial charge in [0.25, 0.3) is 0 Å². The summed E-state index contributed by atoms with van der Waals surface area (Å²) in [5, 5.41) is 0.299. The third kappa shape index (κ3) is 3.50. The number of rotatable bonds is 4. The highest BCUT2D eigenvalue weighted by Crippen LogP contribution is 2.36. The minimum atomic E-state index is -0.735. The maximum atomic E-state index is 12.2. The molecule has 0 aliphatic carbocycles. The van der Waals surface area contributed by atoms with Gasteiger partial charge in [-0.2, -0.15) is 0 Å². The molecule has 0 aromatic carbocycles. The Morgan fingerprint density at radius 1 is 1.29 bits per heavy atom. The summed E-state index contributed by atoms with van der Waals surface area (Å²) in [5.74, 6) is 0.744. The summed E-state index contributed by atoms with van der Waals surface area (Å²) < 4.78 is 23.5. The van der Waals surface area contributed by atoms with E-state index in [1.54, 1.807) is 0 Å². The molecule has 2 fully saturated rings. The molecule has 1 spiro atoms. The molecule has 0 radical (unpaired) electrons. The van der Waals surface area contributed by atoms with Gasteiger partial charge in [-0.25, -0.2) is 0 Å². The normalized spacial score (nSPS) is 30.3. The summed E-state index contributed by atoms with van der Waals surface area (Å²) >= 11 is 0. The van der Waals surface area contributed by atoms with Gasteiger partial charge in [0, 0.05) is 41.6 Å². The van der Waals surface area contributed by atoms with Crippen molar-refractivity contribution in [2.24, 2.45) is 5.73 Å². The molecule has 2 atom stereocenters. The van der Waals surface area contributed by atoms with E-state index in [1.165, 1.54) is 0 Å². The lowest BCUT2D eigenvalue weighted by atomic mass is 9.86. The minimum Gasteiger partial charge on any atom is -0.381 e. The van der Waals surface area contributed by atoms with Crippen molar-refractivity contribution in [3.8, 4) is 0 Å². The second kappa shape index (κ2) is 6.27. The van der Waals surface area contributed by atoms with Crippen LogP contribution < -0.4 is 5.73 Å². The van der Waals surface area contributed by atoms with E-state index in [0.717, 1.165) is 57.7 Å². The first kappa shape index (κ1) is 13.5. The van der Waals surface area contributed by atoms with E-state index >= 15 is 0 Å². The fourth-order valence-corrected chi connectivity index (χ4v) is 4.32. The van der Waals surface area contributed by atoms with Gasteiger partial charge < -0.3 is 15.2 Å². The van der Waals surface area contributed by atoms with E-state index in [4.69, 9.17) is 15.2 Å². The molecular formula is C12H23NO3S. The maximum Gasteiger partial charge on any atom is 0.0737 e. The molecule has 0 saturated carbocycles. The van der Waals surface area contributed by atoms with Gasteiger partial charge in [-0.05, 0) is 38.6 Å². The number of hydrogen-bond acceptors (Lipinski definition) is 4. The van der Waals surface area contributed by atoms with Crippen molar-refractivity contribution in [1.82, 2.24) is 0 Å². The van der Waals surface area contributed by atoms with Crippen LogP contribution in [0.4, 0.5) is 0 Å². The lowest BCUT2D eigenvalue weighted by Gasteiger charge is -2.43. The second-order valence-electron chi connectivity index (χ2n) is 4.99. The van der Waals surface area contributed by atoms with Gasteiger partial charge in [0.15, 0.2) is 0 Å². The standard InChI is InChI=1S/C12H23NO3S/c13-5-1-9-17(14)11-2-6-16-12(10-11)3-7-15-8-4-12/h11H,1-10,13H2. The zero-order chi connectivity index (χ0) is 12.1. The van der Waals surface area contributed by atoms with Crippen molar-refractivity contribution in [2.75, 3.05) is 32.1 Å². The highest BCUT2D eigenvalue weighted by atomic mass is 32.2. The zero-order valence-electron chi connectivity index (χ0n) is 10.4. The van der Waals surface area contributed by atoms with Crippen molar-refractivity contribution >= 4 is 10.8 Å². The van der Waals surface area contributed by atoms with Crippen LogP contribution in [0, 0.1) is 0 Å². The molecule has 2 saturated heterocycles. The van der Waals surface area contributed by atoms with Crippen LogP contribution >= 0.6 is 0 Å². The smallest absolute Gasteiger partial charge is 0.0737 e. The summed E-state index contributed by atoms with van der Waals surface area (Å²) in [6.07, 6.45) is 4.64. The molecule has 0 aromatic heterocycles. The summed E-state index contributed by atoms with van der Waals surface area (Å²) in [6, 6.07) is 0. The predicted molar refractivity (Wildman–Crippen MR) is 68.4 cm³/mol. The van der Waals surface area contributed by atoms with E-state index < -0.39 is 10.8 Å². The Balaban J connectivity index is 1.89.